The largest absolute Gasteiger partial charge is 0.480 e. The van der Waals surface area contributed by atoms with Gasteiger partial charge in [0.25, 0.3) is 0 Å². The maximum absolute atomic E-state index is 11.7. The molecule has 1 N–H and O–H groups in total. The first-order valence-corrected chi connectivity index (χ1v) is 9.40. The van der Waals surface area contributed by atoms with Gasteiger partial charge in [0.15, 0.2) is 0 Å². The second kappa shape index (κ2) is 7.92. The van der Waals surface area contributed by atoms with Crippen LogP contribution in [-0.2, 0) is 9.53 Å². The summed E-state index contributed by atoms with van der Waals surface area (Å²) >= 11 is 0. The lowest BCUT2D eigenvalue weighted by atomic mass is 10.2. The molecule has 0 radical (unpaired) electrons. The number of carbonyl (C=O) groups excluding carboxylic acids is 1. The molecule has 0 amide bonds. The number of carboxylic acids is 1. The fraction of sp³-hybridized carbons (Fsp3) is 0.286. The third-order valence-corrected chi connectivity index (χ3v) is 5.17. The summed E-state index contributed by atoms with van der Waals surface area (Å²) in [5, 5.41) is 8.95. The molecule has 8 nitrogen and oxygen atoms in total. The zero-order valence-electron chi connectivity index (χ0n) is 16.1. The second-order valence-electron chi connectivity index (χ2n) is 6.99. The van der Waals surface area contributed by atoms with E-state index < -0.39 is 5.97 Å². The summed E-state index contributed by atoms with van der Waals surface area (Å²) in [6.07, 6.45) is 1.75. The summed E-state index contributed by atoms with van der Waals surface area (Å²) < 4.78 is 6.76. The number of esters is 1. The normalized spacial score (nSPS) is 14.9. The van der Waals surface area contributed by atoms with Crippen LogP contribution in [0.5, 0.6) is 0 Å². The Kier molecular flexibility index (Phi) is 5.18. The molecule has 4 rings (SSSR count). The molecule has 2 aromatic carbocycles. The number of carboxylic acid groups (broad SMARTS) is 1. The quantitative estimate of drug-likeness (QED) is 0.663. The molecule has 1 saturated heterocycles. The first-order chi connectivity index (χ1) is 14.0. The average Bonchev–Trinajstić information content (AvgIpc) is 3.16. The number of hydrogen-bond donors (Lipinski definition) is 1. The molecule has 0 spiro atoms. The molecule has 150 valence electrons. The van der Waals surface area contributed by atoms with Crippen LogP contribution in [0.1, 0.15) is 10.4 Å². The molecule has 2 heterocycles. The van der Waals surface area contributed by atoms with Crippen LogP contribution in [0.15, 0.2) is 48.8 Å². The van der Waals surface area contributed by atoms with Gasteiger partial charge in [0.05, 0.1) is 30.3 Å². The van der Waals surface area contributed by atoms with Gasteiger partial charge >= 0.3 is 11.9 Å². The number of aromatic nitrogens is 2. The molecule has 3 aromatic rings. The zero-order chi connectivity index (χ0) is 20.4. The topological polar surface area (TPSA) is 87.9 Å². The van der Waals surface area contributed by atoms with E-state index in [2.05, 4.69) is 22.0 Å². The molecular weight excluding hydrogens is 372 g/mol. The van der Waals surface area contributed by atoms with E-state index in [9.17, 15) is 9.59 Å². The number of benzene rings is 2. The number of nitrogens with zero attached hydrogens (tertiary/aromatic N) is 4. The minimum absolute atomic E-state index is 0.0858. The second-order valence-corrected chi connectivity index (χ2v) is 6.99. The number of piperazine rings is 1. The number of imidazole rings is 1. The van der Waals surface area contributed by atoms with Crippen molar-refractivity contribution in [3.8, 4) is 5.69 Å². The summed E-state index contributed by atoms with van der Waals surface area (Å²) in [7, 11) is 1.36. The minimum Gasteiger partial charge on any atom is -0.480 e. The van der Waals surface area contributed by atoms with Crippen LogP contribution in [0.3, 0.4) is 0 Å². The predicted octanol–water partition coefficient (Wildman–Crippen LogP) is 2.02. The summed E-state index contributed by atoms with van der Waals surface area (Å²) in [6.45, 7) is 3.10. The number of anilines is 1. The van der Waals surface area contributed by atoms with Crippen molar-refractivity contribution in [2.45, 2.75) is 0 Å². The third-order valence-electron chi connectivity index (χ3n) is 5.17. The maximum Gasteiger partial charge on any atom is 0.337 e. The first-order valence-electron chi connectivity index (χ1n) is 9.40. The number of carbonyl (C=O) groups is 2. The lowest BCUT2D eigenvalue weighted by molar-refractivity contribution is -0.138. The number of fused-ring (bicyclic) bond motifs is 1. The summed E-state index contributed by atoms with van der Waals surface area (Å²) in [4.78, 5) is 31.3. The van der Waals surface area contributed by atoms with Crippen LogP contribution in [-0.4, -0.2) is 71.3 Å². The minimum atomic E-state index is -0.789. The van der Waals surface area contributed by atoms with E-state index in [4.69, 9.17) is 9.84 Å². The van der Waals surface area contributed by atoms with Gasteiger partial charge in [0, 0.05) is 37.6 Å². The van der Waals surface area contributed by atoms with Crippen LogP contribution in [0.2, 0.25) is 0 Å². The molecule has 1 aliphatic heterocycles. The highest BCUT2D eigenvalue weighted by Gasteiger charge is 2.19. The van der Waals surface area contributed by atoms with Crippen LogP contribution in [0.25, 0.3) is 16.7 Å². The van der Waals surface area contributed by atoms with E-state index >= 15 is 0 Å². The summed E-state index contributed by atoms with van der Waals surface area (Å²) in [5.74, 6) is -1.17. The molecule has 29 heavy (non-hydrogen) atoms. The molecule has 0 aliphatic carbocycles. The molecule has 1 aromatic heterocycles. The van der Waals surface area contributed by atoms with Crippen molar-refractivity contribution in [1.82, 2.24) is 14.5 Å². The molecule has 0 bridgehead atoms. The van der Waals surface area contributed by atoms with Crippen LogP contribution in [0, 0.1) is 0 Å². The van der Waals surface area contributed by atoms with Crippen molar-refractivity contribution < 1.29 is 19.4 Å². The number of aliphatic carboxylic acids is 1. The smallest absolute Gasteiger partial charge is 0.337 e. The molecule has 0 saturated carbocycles. The van der Waals surface area contributed by atoms with E-state index in [0.717, 1.165) is 48.6 Å². The molecule has 0 atom stereocenters. The Morgan fingerprint density at radius 1 is 1.07 bits per heavy atom. The molecule has 0 unspecified atom stereocenters. The van der Waals surface area contributed by atoms with Crippen molar-refractivity contribution in [3.05, 3.63) is 54.4 Å². The van der Waals surface area contributed by atoms with Gasteiger partial charge in [-0.25, -0.2) is 9.78 Å². The van der Waals surface area contributed by atoms with E-state index in [1.807, 2.05) is 27.7 Å². The molecule has 8 heteroatoms. The highest BCUT2D eigenvalue weighted by atomic mass is 16.5. The predicted molar refractivity (Wildman–Crippen MR) is 109 cm³/mol. The molecule has 1 aliphatic rings. The van der Waals surface area contributed by atoms with Crippen molar-refractivity contribution in [2.24, 2.45) is 0 Å². The van der Waals surface area contributed by atoms with E-state index in [-0.39, 0.29) is 12.5 Å². The Morgan fingerprint density at radius 3 is 2.55 bits per heavy atom. The van der Waals surface area contributed by atoms with Gasteiger partial charge in [-0.05, 0) is 36.4 Å². The highest BCUT2D eigenvalue weighted by molar-refractivity contribution is 5.93. The van der Waals surface area contributed by atoms with E-state index in [1.54, 1.807) is 18.5 Å². The standard InChI is InChI=1S/C21H22N4O4/c1-29-21(28)15-5-6-19-18(11-15)22-14-25(19)17-4-2-3-16(12-17)24-9-7-23(8-10-24)13-20(26)27/h2-6,11-12,14H,7-10,13H2,1H3,(H,26,27). The van der Waals surface area contributed by atoms with E-state index in [1.165, 1.54) is 7.11 Å². The lowest BCUT2D eigenvalue weighted by Gasteiger charge is -2.35. The molecular formula is C21H22N4O4. The SMILES string of the molecule is COC(=O)c1ccc2c(c1)ncn2-c1cccc(N2CCN(CC(=O)O)CC2)c1. The molecule has 1 fully saturated rings. The van der Waals surface area contributed by atoms with Crippen LogP contribution >= 0.6 is 0 Å². The monoisotopic (exact) mass is 394 g/mol. The Bertz CT molecular complexity index is 1050. The van der Waals surface area contributed by atoms with Gasteiger partial charge in [-0.15, -0.1) is 0 Å². The Balaban J connectivity index is 1.56. The van der Waals surface area contributed by atoms with Crippen molar-refractivity contribution in [1.29, 1.82) is 0 Å². The fourth-order valence-corrected chi connectivity index (χ4v) is 3.66. The number of ether oxygens (including phenoxy) is 1. The summed E-state index contributed by atoms with van der Waals surface area (Å²) in [6, 6.07) is 13.5. The number of rotatable bonds is 5. The van der Waals surface area contributed by atoms with Crippen molar-refractivity contribution in [3.63, 3.8) is 0 Å². The van der Waals surface area contributed by atoms with Crippen LogP contribution < -0.4 is 4.90 Å². The third kappa shape index (κ3) is 3.93. The maximum atomic E-state index is 11.7. The van der Waals surface area contributed by atoms with Crippen molar-refractivity contribution >= 4 is 28.7 Å². The number of methoxy groups -OCH3 is 1. The average molecular weight is 394 g/mol. The van der Waals surface area contributed by atoms with Crippen molar-refractivity contribution in [2.75, 3.05) is 44.7 Å². The van der Waals surface area contributed by atoms with Gasteiger partial charge < -0.3 is 14.7 Å². The van der Waals surface area contributed by atoms with Gasteiger partial charge in [-0.2, -0.15) is 0 Å². The highest BCUT2D eigenvalue weighted by Crippen LogP contribution is 2.24. The lowest BCUT2D eigenvalue weighted by Crippen LogP contribution is -2.48. The Morgan fingerprint density at radius 2 is 1.83 bits per heavy atom. The van der Waals surface area contributed by atoms with Gasteiger partial charge in [0.2, 0.25) is 0 Å². The van der Waals surface area contributed by atoms with Gasteiger partial charge in [-0.1, -0.05) is 6.07 Å². The van der Waals surface area contributed by atoms with Gasteiger partial charge in [0.1, 0.15) is 6.33 Å². The first kappa shape index (κ1) is 18.9. The Hall–Kier alpha value is -3.39. The van der Waals surface area contributed by atoms with E-state index in [0.29, 0.717) is 5.56 Å². The van der Waals surface area contributed by atoms with Gasteiger partial charge in [-0.3, -0.25) is 14.3 Å². The zero-order valence-corrected chi connectivity index (χ0v) is 16.1. The number of hydrogen-bond acceptors (Lipinski definition) is 6. The Labute approximate surface area is 167 Å². The fourth-order valence-electron chi connectivity index (χ4n) is 3.66. The van der Waals surface area contributed by atoms with Crippen LogP contribution in [0.4, 0.5) is 5.69 Å². The summed E-state index contributed by atoms with van der Waals surface area (Å²) in [5.41, 5.74) is 4.16.